The Morgan fingerprint density at radius 1 is 0.275 bits per heavy atom. The van der Waals surface area contributed by atoms with Gasteiger partial charge < -0.3 is 29.5 Å². The molecule has 69 heavy (non-hydrogen) atoms. The van der Waals surface area contributed by atoms with E-state index in [1.807, 2.05) is 0 Å². The predicted molar refractivity (Wildman–Crippen MR) is 294 cm³/mol. The summed E-state index contributed by atoms with van der Waals surface area (Å²) in [4.78, 5) is 33.0. The van der Waals surface area contributed by atoms with E-state index in [9.17, 15) is 14.4 Å². The van der Waals surface area contributed by atoms with Gasteiger partial charge in [0.25, 0.3) is 0 Å². The Hall–Kier alpha value is -1.71. The molecule has 0 aliphatic heterocycles. The number of aliphatic hydroxyl groups is 3. The van der Waals surface area contributed by atoms with E-state index in [2.05, 4.69) is 69.6 Å². The molecule has 0 fully saturated rings. The van der Waals surface area contributed by atoms with Gasteiger partial charge in [0.1, 0.15) is 0 Å². The second-order valence-corrected chi connectivity index (χ2v) is 21.2. The molecule has 0 saturated carbocycles. The monoisotopic (exact) mass is 987 g/mol. The zero-order chi connectivity index (χ0) is 52.1. The number of esters is 3. The third-order valence-corrected chi connectivity index (χ3v) is 12.4. The molecule has 0 aliphatic rings. The standard InChI is InChI=1S/3C19H38O3.C3H8/c3*1-18(2)15-13-11-9-7-5-3-4-6-8-10-12-14-16-19(21)22-17-20;1-3-2/h3*18,20H,3-17H2,1-2H3;3H2,1-2H3. The summed E-state index contributed by atoms with van der Waals surface area (Å²) in [6.07, 6.45) is 53.5. The lowest BCUT2D eigenvalue weighted by Gasteiger charge is -2.05. The average Bonchev–Trinajstić information content (AvgIpc) is 3.30. The van der Waals surface area contributed by atoms with Crippen molar-refractivity contribution < 1.29 is 43.9 Å². The number of carbonyl (C=O) groups excluding carboxylic acids is 3. The molecule has 0 aromatic heterocycles. The normalized spacial score (nSPS) is 10.9. The Labute approximate surface area is 429 Å². The van der Waals surface area contributed by atoms with Gasteiger partial charge in [-0.3, -0.25) is 14.4 Å². The Balaban J connectivity index is -0.000000445. The summed E-state index contributed by atoms with van der Waals surface area (Å²) in [5, 5.41) is 25.3. The highest BCUT2D eigenvalue weighted by atomic mass is 16.6. The highest BCUT2D eigenvalue weighted by Gasteiger charge is 2.04. The van der Waals surface area contributed by atoms with Crippen molar-refractivity contribution in [3.8, 4) is 0 Å². The van der Waals surface area contributed by atoms with Crippen molar-refractivity contribution in [3.05, 3.63) is 0 Å². The summed E-state index contributed by atoms with van der Waals surface area (Å²) < 4.78 is 13.4. The molecule has 0 atom stereocenters. The van der Waals surface area contributed by atoms with Crippen molar-refractivity contribution in [1.82, 2.24) is 0 Å². The van der Waals surface area contributed by atoms with Crippen molar-refractivity contribution in [1.29, 1.82) is 0 Å². The Kier molecular flexibility index (Phi) is 70.9. The number of hydrogen-bond donors (Lipinski definition) is 3. The lowest BCUT2D eigenvalue weighted by Crippen LogP contribution is -2.04. The number of aliphatic hydroxyl groups excluding tert-OH is 3. The summed E-state index contributed by atoms with van der Waals surface area (Å²) in [5.41, 5.74) is 0. The zero-order valence-electron chi connectivity index (χ0n) is 47.6. The van der Waals surface area contributed by atoms with Crippen LogP contribution in [0.5, 0.6) is 0 Å². The maximum atomic E-state index is 11.0. The first-order valence-corrected chi connectivity index (χ1v) is 29.7. The second-order valence-electron chi connectivity index (χ2n) is 21.2. The van der Waals surface area contributed by atoms with Crippen LogP contribution < -0.4 is 0 Å². The molecule has 0 rings (SSSR count). The van der Waals surface area contributed by atoms with Crippen LogP contribution in [0.1, 0.15) is 331 Å². The van der Waals surface area contributed by atoms with Gasteiger partial charge in [-0.1, -0.05) is 293 Å². The molecule has 9 heteroatoms. The molecule has 0 bridgehead atoms. The minimum Gasteiger partial charge on any atom is -0.439 e. The third-order valence-electron chi connectivity index (χ3n) is 12.4. The van der Waals surface area contributed by atoms with Crippen LogP contribution in [0.4, 0.5) is 0 Å². The molecule has 416 valence electrons. The van der Waals surface area contributed by atoms with Crippen LogP contribution in [0.2, 0.25) is 0 Å². The van der Waals surface area contributed by atoms with Gasteiger partial charge in [0.05, 0.1) is 0 Å². The first-order valence-electron chi connectivity index (χ1n) is 29.7. The van der Waals surface area contributed by atoms with Gasteiger partial charge in [-0.15, -0.1) is 0 Å². The molecule has 0 aromatic carbocycles. The highest BCUT2D eigenvalue weighted by Crippen LogP contribution is 2.17. The van der Waals surface area contributed by atoms with Gasteiger partial charge in [-0.25, -0.2) is 0 Å². The fraction of sp³-hybridized carbons (Fsp3) is 0.950. The molecule has 0 aromatic rings. The Morgan fingerprint density at radius 3 is 0.536 bits per heavy atom. The SMILES string of the molecule is CC(C)CCCCCCCCCCCCCCC(=O)OCO.CC(C)CCCCCCCCCCCCCCC(=O)OCO.CC(C)CCCCCCCCCCCCCCC(=O)OCO.CCC. The van der Waals surface area contributed by atoms with Crippen molar-refractivity contribution >= 4 is 17.9 Å². The number of ether oxygens (including phenoxy) is 3. The molecule has 0 unspecified atom stereocenters. The van der Waals surface area contributed by atoms with E-state index in [1.165, 1.54) is 218 Å². The molecule has 0 spiro atoms. The Morgan fingerprint density at radius 2 is 0.406 bits per heavy atom. The van der Waals surface area contributed by atoms with Crippen molar-refractivity contribution in [2.75, 3.05) is 20.4 Å². The van der Waals surface area contributed by atoms with Gasteiger partial charge in [0, 0.05) is 19.3 Å². The predicted octanol–water partition coefficient (Wildman–Crippen LogP) is 18.2. The Bertz CT molecular complexity index is 851. The van der Waals surface area contributed by atoms with E-state index in [0.29, 0.717) is 19.3 Å². The molecular weight excluding hydrogens is 865 g/mol. The van der Waals surface area contributed by atoms with Gasteiger partial charge in [0.2, 0.25) is 0 Å². The number of hydrogen-bond acceptors (Lipinski definition) is 9. The molecule has 0 amide bonds. The van der Waals surface area contributed by atoms with E-state index < -0.39 is 20.4 Å². The second kappa shape index (κ2) is 66.3. The van der Waals surface area contributed by atoms with E-state index in [1.54, 1.807) is 0 Å². The first-order chi connectivity index (χ1) is 33.4. The summed E-state index contributed by atoms with van der Waals surface area (Å²) in [6, 6.07) is 0. The topological polar surface area (TPSA) is 140 Å². The quantitative estimate of drug-likeness (QED) is 0.0235. The molecule has 3 N–H and O–H groups in total. The largest absolute Gasteiger partial charge is 0.439 e. The van der Waals surface area contributed by atoms with E-state index >= 15 is 0 Å². The fourth-order valence-electron chi connectivity index (χ4n) is 8.20. The summed E-state index contributed by atoms with van der Waals surface area (Å²) in [6.45, 7) is 16.6. The molecular formula is C60H122O9. The highest BCUT2D eigenvalue weighted by molar-refractivity contribution is 5.69. The summed E-state index contributed by atoms with van der Waals surface area (Å²) >= 11 is 0. The minimum absolute atomic E-state index is 0.282. The van der Waals surface area contributed by atoms with Crippen LogP contribution in [-0.2, 0) is 28.6 Å². The lowest BCUT2D eigenvalue weighted by molar-refractivity contribution is -0.152. The molecule has 0 aliphatic carbocycles. The van der Waals surface area contributed by atoms with Crippen LogP contribution in [0, 0.1) is 17.8 Å². The fourth-order valence-corrected chi connectivity index (χ4v) is 8.20. The maximum absolute atomic E-state index is 11.0. The van der Waals surface area contributed by atoms with Gasteiger partial charge in [-0.05, 0) is 37.0 Å². The first kappa shape index (κ1) is 73.8. The van der Waals surface area contributed by atoms with Crippen molar-refractivity contribution in [2.45, 2.75) is 331 Å². The molecule has 9 nitrogen and oxygen atoms in total. The van der Waals surface area contributed by atoms with Gasteiger partial charge in [-0.2, -0.15) is 0 Å². The van der Waals surface area contributed by atoms with Gasteiger partial charge in [0.15, 0.2) is 20.4 Å². The smallest absolute Gasteiger partial charge is 0.307 e. The van der Waals surface area contributed by atoms with Crippen molar-refractivity contribution in [3.63, 3.8) is 0 Å². The van der Waals surface area contributed by atoms with E-state index in [-0.39, 0.29) is 17.9 Å². The van der Waals surface area contributed by atoms with E-state index in [4.69, 9.17) is 15.3 Å². The van der Waals surface area contributed by atoms with Crippen LogP contribution in [0.3, 0.4) is 0 Å². The van der Waals surface area contributed by atoms with E-state index in [0.717, 1.165) is 56.3 Å². The van der Waals surface area contributed by atoms with Crippen LogP contribution in [0.15, 0.2) is 0 Å². The minimum atomic E-state index is -0.490. The summed E-state index contributed by atoms with van der Waals surface area (Å²) in [7, 11) is 0. The average molecular weight is 988 g/mol. The van der Waals surface area contributed by atoms with Gasteiger partial charge >= 0.3 is 17.9 Å². The third kappa shape index (κ3) is 80.6. The molecule has 0 radical (unpaired) electrons. The number of carbonyl (C=O) groups is 3. The zero-order valence-corrected chi connectivity index (χ0v) is 47.6. The summed E-state index contributed by atoms with van der Waals surface area (Å²) in [5.74, 6) is 1.74. The van der Waals surface area contributed by atoms with Crippen molar-refractivity contribution in [2.24, 2.45) is 17.8 Å². The molecule has 0 heterocycles. The maximum Gasteiger partial charge on any atom is 0.307 e. The van der Waals surface area contributed by atoms with Crippen LogP contribution >= 0.6 is 0 Å². The molecule has 0 saturated heterocycles. The number of unbranched alkanes of at least 4 members (excludes halogenated alkanes) is 33. The van der Waals surface area contributed by atoms with Crippen LogP contribution in [-0.4, -0.2) is 53.6 Å². The van der Waals surface area contributed by atoms with Crippen LogP contribution in [0.25, 0.3) is 0 Å². The number of rotatable bonds is 48. The lowest BCUT2D eigenvalue weighted by atomic mass is 10.0.